The predicted molar refractivity (Wildman–Crippen MR) is 61.1 cm³/mol. The van der Waals surface area contributed by atoms with Crippen molar-refractivity contribution < 1.29 is 9.90 Å². The maximum absolute atomic E-state index is 11.7. The molecule has 0 fully saturated rings. The van der Waals surface area contributed by atoms with Crippen LogP contribution in [0.3, 0.4) is 0 Å². The summed E-state index contributed by atoms with van der Waals surface area (Å²) in [5.41, 5.74) is 5.88. The Morgan fingerprint density at radius 3 is 2.94 bits per heavy atom. The SMILES string of the molecule is CCCC(CN)NC(=O)c1cncc(O)c1. The zero-order chi connectivity index (χ0) is 12.0. The van der Waals surface area contributed by atoms with Crippen LogP contribution in [0.4, 0.5) is 0 Å². The van der Waals surface area contributed by atoms with Gasteiger partial charge in [0, 0.05) is 18.8 Å². The zero-order valence-electron chi connectivity index (χ0n) is 9.31. The van der Waals surface area contributed by atoms with E-state index in [4.69, 9.17) is 5.73 Å². The second-order valence-corrected chi connectivity index (χ2v) is 3.63. The van der Waals surface area contributed by atoms with Crippen LogP contribution in [0.15, 0.2) is 18.5 Å². The molecule has 5 nitrogen and oxygen atoms in total. The van der Waals surface area contributed by atoms with Gasteiger partial charge >= 0.3 is 0 Å². The number of aromatic nitrogens is 1. The second-order valence-electron chi connectivity index (χ2n) is 3.63. The summed E-state index contributed by atoms with van der Waals surface area (Å²) in [5, 5.41) is 12.0. The number of nitrogens with two attached hydrogens (primary N) is 1. The van der Waals surface area contributed by atoms with Crippen molar-refractivity contribution in [2.45, 2.75) is 25.8 Å². The molecule has 0 radical (unpaired) electrons. The summed E-state index contributed by atoms with van der Waals surface area (Å²) in [4.78, 5) is 15.5. The topological polar surface area (TPSA) is 88.2 Å². The molecule has 0 spiro atoms. The fourth-order valence-electron chi connectivity index (χ4n) is 1.42. The van der Waals surface area contributed by atoms with Gasteiger partial charge in [0.15, 0.2) is 0 Å². The number of carbonyl (C=O) groups excluding carboxylic acids is 1. The first-order valence-corrected chi connectivity index (χ1v) is 5.32. The van der Waals surface area contributed by atoms with E-state index >= 15 is 0 Å². The first-order chi connectivity index (χ1) is 7.67. The molecule has 5 heteroatoms. The van der Waals surface area contributed by atoms with E-state index in [0.29, 0.717) is 12.1 Å². The Kier molecular flexibility index (Phi) is 4.72. The van der Waals surface area contributed by atoms with Gasteiger partial charge in [-0.05, 0) is 12.5 Å². The molecule has 0 saturated heterocycles. The van der Waals surface area contributed by atoms with Gasteiger partial charge in [-0.1, -0.05) is 13.3 Å². The number of aromatic hydroxyl groups is 1. The molecule has 1 aromatic rings. The monoisotopic (exact) mass is 223 g/mol. The minimum Gasteiger partial charge on any atom is -0.506 e. The van der Waals surface area contributed by atoms with Crippen molar-refractivity contribution in [3.63, 3.8) is 0 Å². The Morgan fingerprint density at radius 1 is 1.62 bits per heavy atom. The van der Waals surface area contributed by atoms with Gasteiger partial charge in [-0.3, -0.25) is 9.78 Å². The third kappa shape index (κ3) is 3.51. The fourth-order valence-corrected chi connectivity index (χ4v) is 1.42. The van der Waals surface area contributed by atoms with Crippen LogP contribution in [0.1, 0.15) is 30.1 Å². The quantitative estimate of drug-likeness (QED) is 0.683. The number of hydrogen-bond acceptors (Lipinski definition) is 4. The lowest BCUT2D eigenvalue weighted by Crippen LogP contribution is -2.40. The number of carbonyl (C=O) groups is 1. The van der Waals surface area contributed by atoms with E-state index in [9.17, 15) is 9.90 Å². The van der Waals surface area contributed by atoms with Gasteiger partial charge in [-0.25, -0.2) is 0 Å². The fraction of sp³-hybridized carbons (Fsp3) is 0.455. The van der Waals surface area contributed by atoms with Crippen molar-refractivity contribution >= 4 is 5.91 Å². The highest BCUT2D eigenvalue weighted by Gasteiger charge is 2.12. The summed E-state index contributed by atoms with van der Waals surface area (Å²) >= 11 is 0. The zero-order valence-corrected chi connectivity index (χ0v) is 9.31. The molecular weight excluding hydrogens is 206 g/mol. The largest absolute Gasteiger partial charge is 0.506 e. The van der Waals surface area contributed by atoms with Crippen LogP contribution in [0.25, 0.3) is 0 Å². The van der Waals surface area contributed by atoms with Gasteiger partial charge < -0.3 is 16.2 Å². The molecule has 0 aliphatic heterocycles. The summed E-state index contributed by atoms with van der Waals surface area (Å²) in [6.45, 7) is 2.44. The van der Waals surface area contributed by atoms with E-state index in [2.05, 4.69) is 10.3 Å². The Labute approximate surface area is 94.7 Å². The number of pyridine rings is 1. The molecular formula is C11H17N3O2. The summed E-state index contributed by atoms with van der Waals surface area (Å²) < 4.78 is 0. The van der Waals surface area contributed by atoms with Gasteiger partial charge in [0.1, 0.15) is 5.75 Å². The Hall–Kier alpha value is -1.62. The van der Waals surface area contributed by atoms with Crippen molar-refractivity contribution in [1.82, 2.24) is 10.3 Å². The molecule has 0 saturated carbocycles. The van der Waals surface area contributed by atoms with Crippen molar-refractivity contribution in [3.05, 3.63) is 24.0 Å². The molecule has 88 valence electrons. The molecule has 16 heavy (non-hydrogen) atoms. The molecule has 1 unspecified atom stereocenters. The molecule has 1 atom stereocenters. The van der Waals surface area contributed by atoms with Crippen molar-refractivity contribution in [3.8, 4) is 5.75 Å². The van der Waals surface area contributed by atoms with E-state index in [0.717, 1.165) is 12.8 Å². The Balaban J connectivity index is 2.64. The normalized spacial score (nSPS) is 12.1. The number of amides is 1. The summed E-state index contributed by atoms with van der Waals surface area (Å²) in [6.07, 6.45) is 4.49. The van der Waals surface area contributed by atoms with Gasteiger partial charge in [-0.15, -0.1) is 0 Å². The van der Waals surface area contributed by atoms with E-state index in [1.165, 1.54) is 18.5 Å². The number of nitrogens with zero attached hydrogens (tertiary/aromatic N) is 1. The van der Waals surface area contributed by atoms with Crippen molar-refractivity contribution in [2.24, 2.45) is 5.73 Å². The molecule has 1 amide bonds. The predicted octanol–water partition coefficient (Wildman–Crippen LogP) is 0.644. The van der Waals surface area contributed by atoms with Crippen molar-refractivity contribution in [2.75, 3.05) is 6.54 Å². The molecule has 1 heterocycles. The standard InChI is InChI=1S/C11H17N3O2/c1-2-3-9(5-12)14-11(16)8-4-10(15)7-13-6-8/h4,6-7,9,15H,2-3,5,12H2,1H3,(H,14,16). The maximum Gasteiger partial charge on any atom is 0.253 e. The average Bonchev–Trinajstić information content (AvgIpc) is 2.28. The highest BCUT2D eigenvalue weighted by molar-refractivity contribution is 5.94. The molecule has 1 aromatic heterocycles. The van der Waals surface area contributed by atoms with Crippen LogP contribution in [0, 0.1) is 0 Å². The number of hydrogen-bond donors (Lipinski definition) is 3. The summed E-state index contributed by atoms with van der Waals surface area (Å²) in [5.74, 6) is -0.278. The van der Waals surface area contributed by atoms with Gasteiger partial charge in [-0.2, -0.15) is 0 Å². The summed E-state index contributed by atoms with van der Waals surface area (Å²) in [7, 11) is 0. The van der Waals surface area contributed by atoms with E-state index in [1.54, 1.807) is 0 Å². The first kappa shape index (κ1) is 12.4. The smallest absolute Gasteiger partial charge is 0.253 e. The van der Waals surface area contributed by atoms with Crippen molar-refractivity contribution in [1.29, 1.82) is 0 Å². The first-order valence-electron chi connectivity index (χ1n) is 5.32. The van der Waals surface area contributed by atoms with Crippen LogP contribution in [0.5, 0.6) is 5.75 Å². The van der Waals surface area contributed by atoms with Crippen LogP contribution in [-0.2, 0) is 0 Å². The van der Waals surface area contributed by atoms with Crippen LogP contribution in [0.2, 0.25) is 0 Å². The van der Waals surface area contributed by atoms with E-state index < -0.39 is 0 Å². The van der Waals surface area contributed by atoms with E-state index in [1.807, 2.05) is 6.92 Å². The highest BCUT2D eigenvalue weighted by atomic mass is 16.3. The van der Waals surface area contributed by atoms with E-state index in [-0.39, 0.29) is 17.7 Å². The Bertz CT molecular complexity index is 355. The van der Waals surface area contributed by atoms with Gasteiger partial charge in [0.05, 0.1) is 11.8 Å². The number of nitrogens with one attached hydrogen (secondary N) is 1. The van der Waals surface area contributed by atoms with Crippen LogP contribution < -0.4 is 11.1 Å². The minimum absolute atomic E-state index is 0.0209. The molecule has 4 N–H and O–H groups in total. The Morgan fingerprint density at radius 2 is 2.38 bits per heavy atom. The highest BCUT2D eigenvalue weighted by Crippen LogP contribution is 2.08. The van der Waals surface area contributed by atoms with Crippen LogP contribution in [-0.4, -0.2) is 28.6 Å². The molecule has 0 aliphatic carbocycles. The average molecular weight is 223 g/mol. The third-order valence-electron chi connectivity index (χ3n) is 2.24. The lowest BCUT2D eigenvalue weighted by Gasteiger charge is -2.15. The van der Waals surface area contributed by atoms with Gasteiger partial charge in [0.25, 0.3) is 5.91 Å². The lowest BCUT2D eigenvalue weighted by atomic mass is 10.1. The summed E-state index contributed by atoms with van der Waals surface area (Å²) in [6, 6.07) is 1.35. The molecule has 0 aliphatic rings. The molecule has 0 aromatic carbocycles. The second kappa shape index (κ2) is 6.07. The lowest BCUT2D eigenvalue weighted by molar-refractivity contribution is 0.0935. The van der Waals surface area contributed by atoms with Crippen LogP contribution >= 0.6 is 0 Å². The molecule has 1 rings (SSSR count). The third-order valence-corrected chi connectivity index (χ3v) is 2.24. The molecule has 0 bridgehead atoms. The number of rotatable bonds is 5. The van der Waals surface area contributed by atoms with Gasteiger partial charge in [0.2, 0.25) is 0 Å². The minimum atomic E-state index is -0.257. The maximum atomic E-state index is 11.7.